The van der Waals surface area contributed by atoms with E-state index in [4.69, 9.17) is 10.1 Å². The molecule has 1 amide bonds. The van der Waals surface area contributed by atoms with E-state index in [0.29, 0.717) is 60.1 Å². The van der Waals surface area contributed by atoms with Crippen LogP contribution in [0.4, 0.5) is 21.8 Å². The van der Waals surface area contributed by atoms with Crippen LogP contribution in [0.2, 0.25) is 0 Å². The Labute approximate surface area is 312 Å². The third-order valence-corrected chi connectivity index (χ3v) is 12.9. The molecule has 2 N–H and O–H groups in total. The van der Waals surface area contributed by atoms with Crippen LogP contribution < -0.4 is 15.5 Å². The zero-order valence-electron chi connectivity index (χ0n) is 30.3. The van der Waals surface area contributed by atoms with E-state index in [9.17, 15) is 13.2 Å². The minimum absolute atomic E-state index is 0.0596. The topological polar surface area (TPSA) is 159 Å². The van der Waals surface area contributed by atoms with E-state index in [0.717, 1.165) is 78.5 Å². The van der Waals surface area contributed by atoms with Gasteiger partial charge in [-0.15, -0.1) is 0 Å². The summed E-state index contributed by atoms with van der Waals surface area (Å²) in [6.45, 7) is 9.88. The summed E-state index contributed by atoms with van der Waals surface area (Å²) in [4.78, 5) is 33.2. The molecule has 15 nitrogen and oxygen atoms in total. The van der Waals surface area contributed by atoms with Gasteiger partial charge in [0.15, 0.2) is 11.6 Å². The molecule has 4 aromatic heterocycles. The second kappa shape index (κ2) is 13.7. The summed E-state index contributed by atoms with van der Waals surface area (Å²) in [7, 11) is -3.49. The first kappa shape index (κ1) is 34.7. The summed E-state index contributed by atoms with van der Waals surface area (Å²) in [6.07, 6.45) is 9.67. The maximum atomic E-state index is 15.4. The van der Waals surface area contributed by atoms with E-state index in [2.05, 4.69) is 49.3 Å². The maximum absolute atomic E-state index is 15.4. The number of aromatic nitrogens is 7. The molecule has 4 aliphatic rings. The van der Waals surface area contributed by atoms with Gasteiger partial charge in [-0.25, -0.2) is 27.8 Å². The molecule has 282 valence electrons. The standard InChI is InChI=1S/C37H43FN12O3S/c1-23(2)50-32-16-34(43-33-7-9-40-35(44-33)26-17-42-49(22-26)54(52,53)28-5-6-28)41-19-30(32)36(45-50)47-12-10-46(11-13-47)20-25-14-24-21-48(27-4-3-8-39-18-27)37(51)29(24)15-31(25)38/h7,9,14-17,19,22-23,27-28,39H,3-6,8,10-13,18,20-21H2,1-2H3,(H,40,41,43,44). The first-order valence-electron chi connectivity index (χ1n) is 18.7. The predicted molar refractivity (Wildman–Crippen MR) is 201 cm³/mol. The number of halogens is 1. The van der Waals surface area contributed by atoms with Gasteiger partial charge >= 0.3 is 0 Å². The summed E-state index contributed by atoms with van der Waals surface area (Å²) in [5, 5.41) is 16.3. The number of benzene rings is 1. The second-order valence-electron chi connectivity index (χ2n) is 15.0. The third kappa shape index (κ3) is 6.47. The van der Waals surface area contributed by atoms with Crippen molar-refractivity contribution in [3.8, 4) is 11.4 Å². The highest BCUT2D eigenvalue weighted by Crippen LogP contribution is 2.33. The number of fused-ring (bicyclic) bond motifs is 2. The summed E-state index contributed by atoms with van der Waals surface area (Å²) in [5.74, 6) is 1.91. The van der Waals surface area contributed by atoms with E-state index in [-0.39, 0.29) is 29.1 Å². The number of anilines is 3. The first-order valence-corrected chi connectivity index (χ1v) is 20.2. The van der Waals surface area contributed by atoms with Gasteiger partial charge in [0.2, 0.25) is 0 Å². The summed E-state index contributed by atoms with van der Waals surface area (Å²) < 4.78 is 43.6. The molecule has 54 heavy (non-hydrogen) atoms. The van der Waals surface area contributed by atoms with Crippen LogP contribution in [0.1, 0.15) is 67.1 Å². The van der Waals surface area contributed by atoms with Gasteiger partial charge < -0.3 is 20.4 Å². The van der Waals surface area contributed by atoms with Crippen molar-refractivity contribution in [2.45, 2.75) is 70.0 Å². The van der Waals surface area contributed by atoms with Crippen LogP contribution in [0.25, 0.3) is 22.3 Å². The van der Waals surface area contributed by atoms with Gasteiger partial charge in [-0.3, -0.25) is 14.4 Å². The highest BCUT2D eigenvalue weighted by Gasteiger charge is 2.38. The minimum Gasteiger partial charge on any atom is -0.352 e. The Morgan fingerprint density at radius 1 is 1.04 bits per heavy atom. The Hall–Kier alpha value is -5.00. The average Bonchev–Trinajstić information content (AvgIpc) is 3.68. The fourth-order valence-corrected chi connectivity index (χ4v) is 9.25. The normalized spacial score (nSPS) is 19.6. The van der Waals surface area contributed by atoms with Gasteiger partial charge in [0.05, 0.1) is 34.1 Å². The minimum atomic E-state index is -3.49. The largest absolute Gasteiger partial charge is 0.352 e. The van der Waals surface area contributed by atoms with Crippen molar-refractivity contribution in [3.63, 3.8) is 0 Å². The van der Waals surface area contributed by atoms with Crippen molar-refractivity contribution >= 4 is 44.3 Å². The van der Waals surface area contributed by atoms with Gasteiger partial charge in [0.1, 0.15) is 17.5 Å². The van der Waals surface area contributed by atoms with Crippen LogP contribution in [0, 0.1) is 5.82 Å². The third-order valence-electron chi connectivity index (χ3n) is 10.9. The molecule has 7 heterocycles. The number of nitrogens with zero attached hydrogens (tertiary/aromatic N) is 10. The quantitative estimate of drug-likeness (QED) is 0.212. The lowest BCUT2D eigenvalue weighted by Crippen LogP contribution is -2.46. The number of amides is 1. The molecular formula is C37H43FN12O3S. The second-order valence-corrected chi connectivity index (χ2v) is 17.1. The van der Waals surface area contributed by atoms with Gasteiger partial charge in [0.25, 0.3) is 15.9 Å². The number of nitrogens with one attached hydrogen (secondary N) is 2. The zero-order valence-corrected chi connectivity index (χ0v) is 31.1. The highest BCUT2D eigenvalue weighted by atomic mass is 32.2. The Kier molecular flexibility index (Phi) is 8.81. The van der Waals surface area contributed by atoms with Crippen LogP contribution in [0.5, 0.6) is 0 Å². The summed E-state index contributed by atoms with van der Waals surface area (Å²) in [6, 6.07) is 7.28. The zero-order chi connectivity index (χ0) is 37.1. The van der Waals surface area contributed by atoms with Gasteiger partial charge in [0, 0.05) is 87.5 Å². The lowest BCUT2D eigenvalue weighted by atomic mass is 10.0. The molecule has 17 heteroatoms. The number of carbonyl (C=O) groups excluding carboxylic acids is 1. The number of piperazine rings is 1. The summed E-state index contributed by atoms with van der Waals surface area (Å²) in [5.41, 5.74) is 3.47. The molecular weight excluding hydrogens is 712 g/mol. The number of piperidine rings is 1. The highest BCUT2D eigenvalue weighted by molar-refractivity contribution is 7.90. The smallest absolute Gasteiger partial charge is 0.256 e. The van der Waals surface area contributed by atoms with Crippen LogP contribution in [-0.4, -0.2) is 109 Å². The van der Waals surface area contributed by atoms with Crippen molar-refractivity contribution in [2.75, 3.05) is 49.5 Å². The summed E-state index contributed by atoms with van der Waals surface area (Å²) >= 11 is 0. The molecule has 1 saturated carbocycles. The Morgan fingerprint density at radius 3 is 2.63 bits per heavy atom. The monoisotopic (exact) mass is 754 g/mol. The number of pyridine rings is 1. The SMILES string of the molecule is CC(C)n1nc(N2CCN(Cc3cc4c(cc3F)C(=O)N(C3CCCNC3)C4)CC2)c2cnc(Nc3ccnc(-c4cnn(S(=O)(=O)C5CC5)c4)n3)cc21. The molecule has 1 aliphatic carbocycles. The number of hydrogen-bond acceptors (Lipinski definition) is 12. The lowest BCUT2D eigenvalue weighted by molar-refractivity contribution is 0.0674. The molecule has 0 bridgehead atoms. The van der Waals surface area contributed by atoms with Crippen LogP contribution in [0.3, 0.4) is 0 Å². The van der Waals surface area contributed by atoms with Crippen molar-refractivity contribution in [1.82, 2.24) is 49.0 Å². The molecule has 1 atom stereocenters. The van der Waals surface area contributed by atoms with Gasteiger partial charge in [-0.1, -0.05) is 0 Å². The van der Waals surface area contributed by atoms with Gasteiger partial charge in [-0.2, -0.15) is 14.3 Å². The van der Waals surface area contributed by atoms with Crippen LogP contribution in [-0.2, 0) is 23.1 Å². The van der Waals surface area contributed by atoms with E-state index in [1.807, 2.05) is 27.9 Å². The van der Waals surface area contributed by atoms with E-state index < -0.39 is 10.0 Å². The number of rotatable bonds is 10. The van der Waals surface area contributed by atoms with Crippen LogP contribution >= 0.6 is 0 Å². The average molecular weight is 755 g/mol. The van der Waals surface area contributed by atoms with E-state index in [1.165, 1.54) is 18.5 Å². The van der Waals surface area contributed by atoms with Crippen molar-refractivity contribution in [2.24, 2.45) is 0 Å². The predicted octanol–water partition coefficient (Wildman–Crippen LogP) is 3.92. The molecule has 3 aliphatic heterocycles. The molecule has 1 aromatic carbocycles. The van der Waals surface area contributed by atoms with E-state index >= 15 is 4.39 Å². The Bertz CT molecular complexity index is 2340. The van der Waals surface area contributed by atoms with Gasteiger partial charge in [-0.05, 0) is 69.8 Å². The molecule has 2 saturated heterocycles. The maximum Gasteiger partial charge on any atom is 0.256 e. The lowest BCUT2D eigenvalue weighted by Gasteiger charge is -2.35. The molecule has 5 aromatic rings. The van der Waals surface area contributed by atoms with Crippen LogP contribution in [0.15, 0.2) is 49.1 Å². The number of hydrogen-bond donors (Lipinski definition) is 2. The Morgan fingerprint density at radius 2 is 1.87 bits per heavy atom. The molecule has 3 fully saturated rings. The fourth-order valence-electron chi connectivity index (χ4n) is 7.77. The number of carbonyl (C=O) groups is 1. The Balaban J connectivity index is 0.877. The molecule has 0 radical (unpaired) electrons. The molecule has 9 rings (SSSR count). The van der Waals surface area contributed by atoms with Crippen molar-refractivity contribution in [3.05, 3.63) is 71.6 Å². The van der Waals surface area contributed by atoms with E-state index in [1.54, 1.807) is 12.3 Å². The molecule has 1 unspecified atom stereocenters. The van der Waals surface area contributed by atoms with Crippen molar-refractivity contribution < 1.29 is 17.6 Å². The first-order chi connectivity index (χ1) is 26.1. The van der Waals surface area contributed by atoms with Crippen molar-refractivity contribution in [1.29, 1.82) is 0 Å². The molecule has 0 spiro atoms. The fraction of sp³-hybridized carbons (Fsp3) is 0.459.